The molecular formula is C18H12ClF3N4O. The molecule has 0 atom stereocenters. The Balaban J connectivity index is 1.87. The molecule has 2 aromatic carbocycles. The van der Waals surface area contributed by atoms with Crippen molar-refractivity contribution in [3.63, 3.8) is 0 Å². The van der Waals surface area contributed by atoms with E-state index in [0.717, 1.165) is 12.1 Å². The molecule has 1 heterocycles. The Bertz CT molecular complexity index is 1030. The Hall–Kier alpha value is -3.13. The molecule has 3 aromatic rings. The molecule has 0 aliphatic heterocycles. The van der Waals surface area contributed by atoms with Crippen LogP contribution in [0.25, 0.3) is 0 Å². The summed E-state index contributed by atoms with van der Waals surface area (Å²) in [4.78, 5) is 20.4. The van der Waals surface area contributed by atoms with Crippen LogP contribution < -0.4 is 10.6 Å². The molecule has 5 nitrogen and oxygen atoms in total. The molecule has 0 aliphatic carbocycles. The van der Waals surface area contributed by atoms with Gasteiger partial charge >= 0.3 is 0 Å². The molecule has 0 saturated carbocycles. The molecule has 27 heavy (non-hydrogen) atoms. The molecular weight excluding hydrogens is 381 g/mol. The van der Waals surface area contributed by atoms with Crippen LogP contribution in [0.1, 0.15) is 16.2 Å². The zero-order chi connectivity index (χ0) is 19.6. The van der Waals surface area contributed by atoms with Gasteiger partial charge in [-0.1, -0.05) is 23.7 Å². The second-order valence-corrected chi connectivity index (χ2v) is 5.91. The van der Waals surface area contributed by atoms with Gasteiger partial charge in [0.25, 0.3) is 5.91 Å². The van der Waals surface area contributed by atoms with Crippen molar-refractivity contribution in [3.05, 3.63) is 76.3 Å². The third-order valence-corrected chi connectivity index (χ3v) is 3.82. The van der Waals surface area contributed by atoms with E-state index in [1.165, 1.54) is 6.07 Å². The summed E-state index contributed by atoms with van der Waals surface area (Å²) in [5.74, 6) is -5.07. The second-order valence-electron chi connectivity index (χ2n) is 5.50. The fourth-order valence-electron chi connectivity index (χ4n) is 2.23. The van der Waals surface area contributed by atoms with Crippen molar-refractivity contribution in [1.29, 1.82) is 0 Å². The first-order valence-electron chi connectivity index (χ1n) is 7.67. The number of nitrogens with zero attached hydrogens (tertiary/aromatic N) is 2. The van der Waals surface area contributed by atoms with Gasteiger partial charge in [0.05, 0.1) is 16.4 Å². The number of benzene rings is 2. The third-order valence-electron chi connectivity index (χ3n) is 3.49. The molecule has 138 valence electrons. The molecule has 0 saturated heterocycles. The van der Waals surface area contributed by atoms with E-state index < -0.39 is 23.4 Å². The fraction of sp³-hybridized carbons (Fsp3) is 0.0556. The van der Waals surface area contributed by atoms with Gasteiger partial charge < -0.3 is 10.6 Å². The fourth-order valence-corrected chi connectivity index (χ4v) is 2.42. The quantitative estimate of drug-likeness (QED) is 0.623. The molecule has 0 bridgehead atoms. The number of carbonyl (C=O) groups is 1. The lowest BCUT2D eigenvalue weighted by Crippen LogP contribution is -2.16. The third kappa shape index (κ3) is 4.17. The maximum Gasteiger partial charge on any atom is 0.274 e. The zero-order valence-electron chi connectivity index (χ0n) is 13.9. The first-order chi connectivity index (χ1) is 12.8. The van der Waals surface area contributed by atoms with E-state index in [-0.39, 0.29) is 17.3 Å². The Morgan fingerprint density at radius 2 is 1.74 bits per heavy atom. The van der Waals surface area contributed by atoms with E-state index in [1.54, 1.807) is 31.2 Å². The summed E-state index contributed by atoms with van der Waals surface area (Å²) < 4.78 is 40.2. The molecule has 9 heteroatoms. The molecule has 0 fully saturated rings. The van der Waals surface area contributed by atoms with E-state index in [9.17, 15) is 18.0 Å². The predicted molar refractivity (Wildman–Crippen MR) is 95.8 cm³/mol. The van der Waals surface area contributed by atoms with Crippen molar-refractivity contribution in [2.75, 3.05) is 10.6 Å². The van der Waals surface area contributed by atoms with Crippen LogP contribution in [-0.4, -0.2) is 15.9 Å². The van der Waals surface area contributed by atoms with Gasteiger partial charge in [0, 0.05) is 5.69 Å². The highest BCUT2D eigenvalue weighted by atomic mass is 35.5. The maximum absolute atomic E-state index is 13.8. The van der Waals surface area contributed by atoms with Crippen LogP contribution in [0.2, 0.25) is 5.02 Å². The maximum atomic E-state index is 13.8. The topological polar surface area (TPSA) is 66.9 Å². The lowest BCUT2D eigenvalue weighted by Gasteiger charge is -2.10. The van der Waals surface area contributed by atoms with E-state index in [2.05, 4.69) is 20.6 Å². The number of anilines is 3. The predicted octanol–water partition coefficient (Wildman–Crippen LogP) is 4.85. The number of hydrogen-bond acceptors (Lipinski definition) is 4. The van der Waals surface area contributed by atoms with Crippen LogP contribution in [0.3, 0.4) is 0 Å². The van der Waals surface area contributed by atoms with Gasteiger partial charge in [-0.05, 0) is 37.3 Å². The summed E-state index contributed by atoms with van der Waals surface area (Å²) in [6.07, 6.45) is 0. The van der Waals surface area contributed by atoms with Gasteiger partial charge in [-0.25, -0.2) is 23.1 Å². The highest BCUT2D eigenvalue weighted by molar-refractivity contribution is 6.33. The molecule has 0 aliphatic rings. The van der Waals surface area contributed by atoms with E-state index in [4.69, 9.17) is 11.6 Å². The Morgan fingerprint density at radius 1 is 1.00 bits per heavy atom. The van der Waals surface area contributed by atoms with Crippen molar-refractivity contribution in [2.24, 2.45) is 0 Å². The van der Waals surface area contributed by atoms with E-state index in [1.807, 2.05) is 0 Å². The van der Waals surface area contributed by atoms with Gasteiger partial charge in [0.1, 0.15) is 5.69 Å². The Morgan fingerprint density at radius 3 is 2.48 bits per heavy atom. The number of halogens is 4. The van der Waals surface area contributed by atoms with Crippen molar-refractivity contribution in [1.82, 2.24) is 9.97 Å². The number of amides is 1. The largest absolute Gasteiger partial charge is 0.322 e. The minimum absolute atomic E-state index is 0.0205. The standard InChI is InChI=1S/C18H12ClF3N4O/c1-9-8-14(17(27)24-12-5-3-2-4-10(12)19)26-18(23-9)25-13-7-6-11(20)15(21)16(13)22/h2-8H,1H3,(H,24,27)(H,23,25,26). The number of aromatic nitrogens is 2. The van der Waals surface area contributed by atoms with Gasteiger partial charge in [0.2, 0.25) is 5.95 Å². The molecule has 0 unspecified atom stereocenters. The zero-order valence-corrected chi connectivity index (χ0v) is 14.6. The number of aryl methyl sites for hydroxylation is 1. The lowest BCUT2D eigenvalue weighted by molar-refractivity contribution is 0.102. The lowest BCUT2D eigenvalue weighted by atomic mass is 10.2. The normalized spacial score (nSPS) is 10.6. The van der Waals surface area contributed by atoms with Crippen molar-refractivity contribution in [2.45, 2.75) is 6.92 Å². The van der Waals surface area contributed by atoms with Gasteiger partial charge in [0.15, 0.2) is 17.5 Å². The monoisotopic (exact) mass is 392 g/mol. The number of nitrogens with one attached hydrogen (secondary N) is 2. The first kappa shape index (κ1) is 18.7. The van der Waals surface area contributed by atoms with E-state index >= 15 is 0 Å². The Kier molecular flexibility index (Phi) is 5.27. The van der Waals surface area contributed by atoms with Gasteiger partial charge in [-0.2, -0.15) is 0 Å². The summed E-state index contributed by atoms with van der Waals surface area (Å²) in [6, 6.07) is 9.82. The molecule has 3 rings (SSSR count). The smallest absolute Gasteiger partial charge is 0.274 e. The van der Waals surface area contributed by atoms with Crippen LogP contribution in [0.15, 0.2) is 42.5 Å². The SMILES string of the molecule is Cc1cc(C(=O)Nc2ccccc2Cl)nc(Nc2ccc(F)c(F)c2F)n1. The second kappa shape index (κ2) is 7.63. The summed E-state index contributed by atoms with van der Waals surface area (Å²) in [5, 5.41) is 5.39. The van der Waals surface area contributed by atoms with Crippen LogP contribution in [0, 0.1) is 24.4 Å². The van der Waals surface area contributed by atoms with Gasteiger partial charge in [-0.15, -0.1) is 0 Å². The average Bonchev–Trinajstić information content (AvgIpc) is 2.63. The first-order valence-corrected chi connectivity index (χ1v) is 8.05. The van der Waals surface area contributed by atoms with Crippen LogP contribution in [0.5, 0.6) is 0 Å². The number of rotatable bonds is 4. The molecule has 0 radical (unpaired) electrons. The summed E-state index contributed by atoms with van der Waals surface area (Å²) >= 11 is 6.00. The molecule has 1 amide bonds. The molecule has 0 spiro atoms. The molecule has 2 N–H and O–H groups in total. The highest BCUT2D eigenvalue weighted by Crippen LogP contribution is 2.23. The Labute approximate surface area is 157 Å². The van der Waals surface area contributed by atoms with Crippen molar-refractivity contribution < 1.29 is 18.0 Å². The molecule has 1 aromatic heterocycles. The minimum atomic E-state index is -1.62. The highest BCUT2D eigenvalue weighted by Gasteiger charge is 2.16. The van der Waals surface area contributed by atoms with Crippen LogP contribution in [-0.2, 0) is 0 Å². The van der Waals surface area contributed by atoms with Gasteiger partial charge in [-0.3, -0.25) is 4.79 Å². The summed E-state index contributed by atoms with van der Waals surface area (Å²) in [6.45, 7) is 1.60. The summed E-state index contributed by atoms with van der Waals surface area (Å²) in [7, 11) is 0. The van der Waals surface area contributed by atoms with E-state index in [0.29, 0.717) is 16.4 Å². The van der Waals surface area contributed by atoms with Crippen molar-refractivity contribution in [3.8, 4) is 0 Å². The van der Waals surface area contributed by atoms with Crippen LogP contribution in [0.4, 0.5) is 30.5 Å². The summed E-state index contributed by atoms with van der Waals surface area (Å²) in [5.41, 5.74) is 0.409. The number of hydrogen-bond donors (Lipinski definition) is 2. The number of carbonyl (C=O) groups excluding carboxylic acids is 1. The minimum Gasteiger partial charge on any atom is -0.322 e. The van der Waals surface area contributed by atoms with Crippen LogP contribution >= 0.6 is 11.6 Å². The van der Waals surface area contributed by atoms with Crippen molar-refractivity contribution >= 4 is 34.8 Å². The number of para-hydroxylation sites is 1. The average molecular weight is 393 g/mol.